The van der Waals surface area contributed by atoms with Crippen molar-refractivity contribution < 1.29 is 14.4 Å². The molecule has 100 valence electrons. The van der Waals surface area contributed by atoms with Crippen LogP contribution in [0.15, 0.2) is 34.9 Å². The van der Waals surface area contributed by atoms with Gasteiger partial charge in [-0.2, -0.15) is 4.98 Å². The van der Waals surface area contributed by atoms with Gasteiger partial charge < -0.3 is 19.7 Å². The largest absolute Gasteiger partial charge is 0.378 e. The number of ether oxygens (including phenoxy) is 1. The highest BCUT2D eigenvalue weighted by atomic mass is 16.5. The van der Waals surface area contributed by atoms with Crippen molar-refractivity contribution in [2.24, 2.45) is 0 Å². The molecule has 2 aromatic rings. The maximum atomic E-state index is 10.2. The molecule has 0 bridgehead atoms. The number of benzene rings is 1. The SMILES string of the molecule is OC(c1ccccc1)c1nc(C2COCCN2)no1. The summed E-state index contributed by atoms with van der Waals surface area (Å²) in [5, 5.41) is 17.3. The Morgan fingerprint density at radius 3 is 2.89 bits per heavy atom. The first-order chi connectivity index (χ1) is 9.34. The van der Waals surface area contributed by atoms with Gasteiger partial charge in [0.15, 0.2) is 11.9 Å². The quantitative estimate of drug-likeness (QED) is 0.851. The minimum absolute atomic E-state index is 0.0748. The molecule has 0 spiro atoms. The molecule has 1 aliphatic rings. The van der Waals surface area contributed by atoms with Crippen molar-refractivity contribution in [1.82, 2.24) is 15.5 Å². The molecule has 1 aromatic heterocycles. The zero-order chi connectivity index (χ0) is 13.1. The van der Waals surface area contributed by atoms with E-state index >= 15 is 0 Å². The fourth-order valence-electron chi connectivity index (χ4n) is 2.01. The minimum Gasteiger partial charge on any atom is -0.378 e. The van der Waals surface area contributed by atoms with Crippen molar-refractivity contribution >= 4 is 0 Å². The van der Waals surface area contributed by atoms with Gasteiger partial charge in [0.05, 0.1) is 19.3 Å². The first-order valence-electron chi connectivity index (χ1n) is 6.22. The lowest BCUT2D eigenvalue weighted by Gasteiger charge is -2.20. The highest BCUT2D eigenvalue weighted by Gasteiger charge is 2.24. The van der Waals surface area contributed by atoms with Crippen LogP contribution in [0.1, 0.15) is 29.4 Å². The van der Waals surface area contributed by atoms with E-state index in [0.717, 1.165) is 12.1 Å². The highest BCUT2D eigenvalue weighted by molar-refractivity contribution is 5.21. The van der Waals surface area contributed by atoms with E-state index in [2.05, 4.69) is 15.5 Å². The number of aliphatic hydroxyl groups is 1. The smallest absolute Gasteiger partial charge is 0.260 e. The summed E-state index contributed by atoms with van der Waals surface area (Å²) >= 11 is 0. The molecule has 0 radical (unpaired) electrons. The molecular formula is C13H15N3O3. The van der Waals surface area contributed by atoms with Crippen LogP contribution in [0.5, 0.6) is 0 Å². The van der Waals surface area contributed by atoms with Crippen LogP contribution in [0.2, 0.25) is 0 Å². The number of morpholine rings is 1. The Balaban J connectivity index is 1.77. The second kappa shape index (κ2) is 5.48. The van der Waals surface area contributed by atoms with Crippen molar-refractivity contribution in [1.29, 1.82) is 0 Å². The van der Waals surface area contributed by atoms with Gasteiger partial charge in [-0.1, -0.05) is 35.5 Å². The second-order valence-electron chi connectivity index (χ2n) is 4.39. The van der Waals surface area contributed by atoms with Gasteiger partial charge in [-0.25, -0.2) is 0 Å². The monoisotopic (exact) mass is 261 g/mol. The second-order valence-corrected chi connectivity index (χ2v) is 4.39. The van der Waals surface area contributed by atoms with E-state index in [1.807, 2.05) is 30.3 Å². The molecule has 1 aliphatic heterocycles. The summed E-state index contributed by atoms with van der Waals surface area (Å²) in [6, 6.07) is 9.15. The van der Waals surface area contributed by atoms with E-state index in [1.165, 1.54) is 0 Å². The Kier molecular flexibility index (Phi) is 3.54. The van der Waals surface area contributed by atoms with Crippen LogP contribution in [-0.2, 0) is 4.74 Å². The molecule has 2 heterocycles. The lowest BCUT2D eigenvalue weighted by Crippen LogP contribution is -2.35. The summed E-state index contributed by atoms with van der Waals surface area (Å²) in [6.07, 6.45) is -0.896. The predicted octanol–water partition coefficient (Wildman–Crippen LogP) is 0.812. The van der Waals surface area contributed by atoms with E-state index in [-0.39, 0.29) is 11.9 Å². The molecule has 2 atom stereocenters. The third kappa shape index (κ3) is 2.65. The zero-order valence-corrected chi connectivity index (χ0v) is 10.3. The Morgan fingerprint density at radius 2 is 2.16 bits per heavy atom. The van der Waals surface area contributed by atoms with Gasteiger partial charge in [0.2, 0.25) is 0 Å². The van der Waals surface area contributed by atoms with Crippen LogP contribution in [0.3, 0.4) is 0 Å². The van der Waals surface area contributed by atoms with Gasteiger partial charge in [0.1, 0.15) is 0 Å². The van der Waals surface area contributed by atoms with Crippen LogP contribution < -0.4 is 5.32 Å². The van der Waals surface area contributed by atoms with Crippen molar-refractivity contribution in [3.63, 3.8) is 0 Å². The summed E-state index contributed by atoms with van der Waals surface area (Å²) in [5.74, 6) is 0.721. The Morgan fingerprint density at radius 1 is 1.32 bits per heavy atom. The maximum absolute atomic E-state index is 10.2. The fourth-order valence-corrected chi connectivity index (χ4v) is 2.01. The van der Waals surface area contributed by atoms with E-state index < -0.39 is 6.10 Å². The first-order valence-corrected chi connectivity index (χ1v) is 6.22. The molecule has 1 saturated heterocycles. The average molecular weight is 261 g/mol. The molecule has 0 saturated carbocycles. The van der Waals surface area contributed by atoms with Crippen LogP contribution >= 0.6 is 0 Å². The van der Waals surface area contributed by atoms with Gasteiger partial charge in [-0.05, 0) is 5.56 Å². The lowest BCUT2D eigenvalue weighted by atomic mass is 10.1. The number of nitrogens with zero attached hydrogens (tertiary/aromatic N) is 2. The third-order valence-corrected chi connectivity index (χ3v) is 3.04. The van der Waals surface area contributed by atoms with E-state index in [0.29, 0.717) is 19.0 Å². The standard InChI is InChI=1S/C13H15N3O3/c17-11(9-4-2-1-3-5-9)13-15-12(16-19-13)10-8-18-7-6-14-10/h1-5,10-11,14,17H,6-8H2. The molecule has 0 amide bonds. The van der Waals surface area contributed by atoms with Crippen molar-refractivity contribution in [2.45, 2.75) is 12.1 Å². The van der Waals surface area contributed by atoms with Crippen molar-refractivity contribution in [3.05, 3.63) is 47.6 Å². The van der Waals surface area contributed by atoms with Gasteiger partial charge >= 0.3 is 0 Å². The summed E-state index contributed by atoms with van der Waals surface area (Å²) < 4.78 is 10.5. The molecule has 6 heteroatoms. The van der Waals surface area contributed by atoms with Gasteiger partial charge in [-0.3, -0.25) is 0 Å². The molecule has 3 rings (SSSR count). The number of rotatable bonds is 3. The molecule has 1 fully saturated rings. The maximum Gasteiger partial charge on any atom is 0.260 e. The highest BCUT2D eigenvalue weighted by Crippen LogP contribution is 2.21. The summed E-state index contributed by atoms with van der Waals surface area (Å²) in [5.41, 5.74) is 0.727. The average Bonchev–Trinajstić information content (AvgIpc) is 2.98. The van der Waals surface area contributed by atoms with Crippen LogP contribution in [0.4, 0.5) is 0 Å². The zero-order valence-electron chi connectivity index (χ0n) is 10.3. The topological polar surface area (TPSA) is 80.4 Å². The first kappa shape index (κ1) is 12.3. The van der Waals surface area contributed by atoms with E-state index in [9.17, 15) is 5.11 Å². The van der Waals surface area contributed by atoms with Gasteiger partial charge in [-0.15, -0.1) is 0 Å². The molecule has 1 aromatic carbocycles. The summed E-state index contributed by atoms with van der Waals surface area (Å²) in [6.45, 7) is 1.96. The number of hydrogen-bond donors (Lipinski definition) is 2. The molecule has 2 N–H and O–H groups in total. The summed E-state index contributed by atoms with van der Waals surface area (Å²) in [7, 11) is 0. The lowest BCUT2D eigenvalue weighted by molar-refractivity contribution is 0.0734. The normalized spacial score (nSPS) is 21.2. The molecule has 19 heavy (non-hydrogen) atoms. The minimum atomic E-state index is -0.896. The van der Waals surface area contributed by atoms with E-state index in [4.69, 9.17) is 9.26 Å². The third-order valence-electron chi connectivity index (χ3n) is 3.04. The van der Waals surface area contributed by atoms with Crippen LogP contribution in [0, 0.1) is 0 Å². The number of aliphatic hydroxyl groups excluding tert-OH is 1. The fraction of sp³-hybridized carbons (Fsp3) is 0.385. The Bertz CT molecular complexity index is 523. The molecule has 0 aliphatic carbocycles. The Hall–Kier alpha value is -1.76. The Labute approximate surface area is 110 Å². The molecule has 2 unspecified atom stereocenters. The van der Waals surface area contributed by atoms with Crippen LogP contribution in [-0.4, -0.2) is 35.0 Å². The van der Waals surface area contributed by atoms with Gasteiger partial charge in [0.25, 0.3) is 5.89 Å². The van der Waals surface area contributed by atoms with E-state index in [1.54, 1.807) is 0 Å². The predicted molar refractivity (Wildman–Crippen MR) is 66.4 cm³/mol. The van der Waals surface area contributed by atoms with Crippen LogP contribution in [0.25, 0.3) is 0 Å². The number of hydrogen-bond acceptors (Lipinski definition) is 6. The van der Waals surface area contributed by atoms with Gasteiger partial charge in [0, 0.05) is 6.54 Å². The molecular weight excluding hydrogens is 246 g/mol. The number of nitrogens with one attached hydrogen (secondary N) is 1. The molecule has 6 nitrogen and oxygen atoms in total. The van der Waals surface area contributed by atoms with Crippen molar-refractivity contribution in [2.75, 3.05) is 19.8 Å². The van der Waals surface area contributed by atoms with Crippen molar-refractivity contribution in [3.8, 4) is 0 Å². The summed E-state index contributed by atoms with van der Waals surface area (Å²) in [4.78, 5) is 4.24. The number of aromatic nitrogens is 2.